The Hall–Kier alpha value is -3.34. The number of amides is 1. The summed E-state index contributed by atoms with van der Waals surface area (Å²) in [6.07, 6.45) is 5.26. The number of nitrogens with zero attached hydrogens (tertiary/aromatic N) is 1. The number of rotatable bonds is 11. The molecule has 1 heterocycles. The van der Waals surface area contributed by atoms with Crippen LogP contribution in [0.2, 0.25) is 0 Å². The minimum absolute atomic E-state index is 0.00209. The second kappa shape index (κ2) is 11.3. The molecular formula is C27H31NO4. The van der Waals surface area contributed by atoms with Crippen LogP contribution in [0.4, 0.5) is 0 Å². The molecule has 0 spiro atoms. The van der Waals surface area contributed by atoms with Gasteiger partial charge in [0.2, 0.25) is 0 Å². The predicted octanol–water partition coefficient (Wildman–Crippen LogP) is 6.18. The quantitative estimate of drug-likeness (QED) is 0.366. The highest BCUT2D eigenvalue weighted by molar-refractivity contribution is 5.94. The van der Waals surface area contributed by atoms with Crippen LogP contribution < -0.4 is 0 Å². The van der Waals surface area contributed by atoms with E-state index in [0.29, 0.717) is 18.5 Å². The Morgan fingerprint density at radius 2 is 1.62 bits per heavy atom. The van der Waals surface area contributed by atoms with E-state index in [1.165, 1.54) is 5.56 Å². The second-order valence-electron chi connectivity index (χ2n) is 8.30. The molecule has 3 aromatic rings. The first kappa shape index (κ1) is 23.3. The van der Waals surface area contributed by atoms with E-state index in [1.54, 1.807) is 6.26 Å². The van der Waals surface area contributed by atoms with Crippen molar-refractivity contribution in [3.63, 3.8) is 0 Å². The number of furan rings is 1. The van der Waals surface area contributed by atoms with Gasteiger partial charge in [0.1, 0.15) is 5.76 Å². The summed E-state index contributed by atoms with van der Waals surface area (Å²) in [5, 5.41) is 8.79. The topological polar surface area (TPSA) is 70.8 Å². The minimum Gasteiger partial charge on any atom is -0.481 e. The van der Waals surface area contributed by atoms with Crippen LogP contribution in [0, 0.1) is 0 Å². The molecule has 5 heteroatoms. The molecule has 0 bridgehead atoms. The number of carbonyl (C=O) groups is 2. The minimum atomic E-state index is -0.742. The summed E-state index contributed by atoms with van der Waals surface area (Å²) >= 11 is 0. The number of carboxylic acid groups (broad SMARTS) is 1. The van der Waals surface area contributed by atoms with Crippen LogP contribution in [0.5, 0.6) is 0 Å². The van der Waals surface area contributed by atoms with Gasteiger partial charge in [-0.05, 0) is 68.5 Å². The Morgan fingerprint density at radius 3 is 2.25 bits per heavy atom. The fraction of sp³-hybridized carbons (Fsp3) is 0.333. The van der Waals surface area contributed by atoms with Crippen molar-refractivity contribution in [3.8, 4) is 11.3 Å². The number of carbonyl (C=O) groups excluding carboxylic acids is 1. The average Bonchev–Trinajstić information content (AvgIpc) is 3.32. The highest BCUT2D eigenvalue weighted by atomic mass is 16.4. The van der Waals surface area contributed by atoms with E-state index in [-0.39, 0.29) is 18.4 Å². The number of hydrogen-bond donors (Lipinski definition) is 1. The molecule has 0 atom stereocenters. The first-order valence-corrected chi connectivity index (χ1v) is 11.2. The Bertz CT molecular complexity index is 1010. The first-order chi connectivity index (χ1) is 15.5. The molecule has 1 aromatic heterocycles. The highest BCUT2D eigenvalue weighted by Crippen LogP contribution is 2.22. The third-order valence-corrected chi connectivity index (χ3v) is 5.62. The van der Waals surface area contributed by atoms with Crippen LogP contribution in [-0.2, 0) is 17.8 Å². The number of aryl methyl sites for hydroxylation is 1. The van der Waals surface area contributed by atoms with Gasteiger partial charge in [0.25, 0.3) is 5.91 Å². The standard InChI is InChI=1S/C27H31NO4/c1-20(2)28(27(31)23-16-14-22(15-17-23)25-12-8-18-32-25)19-24-11-7-6-10-21(24)9-4-3-5-13-26(29)30/h6-8,10-12,14-18,20H,3-5,9,13,19H2,1-2H3,(H,29,30). The van der Waals surface area contributed by atoms with Crippen LogP contribution in [-0.4, -0.2) is 27.9 Å². The second-order valence-corrected chi connectivity index (χ2v) is 8.30. The summed E-state index contributed by atoms with van der Waals surface area (Å²) in [4.78, 5) is 25.9. The zero-order valence-electron chi connectivity index (χ0n) is 18.8. The Morgan fingerprint density at radius 1 is 0.906 bits per heavy atom. The average molecular weight is 434 g/mol. The molecule has 2 aromatic carbocycles. The molecule has 32 heavy (non-hydrogen) atoms. The molecule has 0 radical (unpaired) electrons. The first-order valence-electron chi connectivity index (χ1n) is 11.2. The molecular weight excluding hydrogens is 402 g/mol. The van der Waals surface area contributed by atoms with Gasteiger partial charge in [-0.25, -0.2) is 0 Å². The van der Waals surface area contributed by atoms with Crippen molar-refractivity contribution in [3.05, 3.63) is 83.6 Å². The fourth-order valence-corrected chi connectivity index (χ4v) is 3.78. The smallest absolute Gasteiger partial charge is 0.303 e. The van der Waals surface area contributed by atoms with E-state index in [4.69, 9.17) is 9.52 Å². The summed E-state index contributed by atoms with van der Waals surface area (Å²) in [6.45, 7) is 4.61. The molecule has 0 aliphatic rings. The van der Waals surface area contributed by atoms with Crippen molar-refractivity contribution in [2.75, 3.05) is 0 Å². The van der Waals surface area contributed by atoms with Crippen LogP contribution in [0.3, 0.4) is 0 Å². The number of carboxylic acids is 1. The van der Waals surface area contributed by atoms with Crippen LogP contribution in [0.15, 0.2) is 71.3 Å². The fourth-order valence-electron chi connectivity index (χ4n) is 3.78. The Kier molecular flexibility index (Phi) is 8.26. The molecule has 0 unspecified atom stereocenters. The zero-order chi connectivity index (χ0) is 22.9. The van der Waals surface area contributed by atoms with E-state index >= 15 is 0 Å². The van der Waals surface area contributed by atoms with Gasteiger partial charge in [-0.1, -0.05) is 42.8 Å². The molecule has 1 N–H and O–H groups in total. The Labute approximate surface area is 189 Å². The lowest BCUT2D eigenvalue weighted by Gasteiger charge is -2.28. The normalized spacial score (nSPS) is 11.0. The molecule has 5 nitrogen and oxygen atoms in total. The molecule has 0 saturated carbocycles. The molecule has 0 aliphatic carbocycles. The maximum absolute atomic E-state index is 13.3. The summed E-state index contributed by atoms with van der Waals surface area (Å²) < 4.78 is 5.43. The SMILES string of the molecule is CC(C)N(Cc1ccccc1CCCCCC(=O)O)C(=O)c1ccc(-c2ccco2)cc1. The molecule has 168 valence electrons. The number of unbranched alkanes of at least 4 members (excludes halogenated alkanes) is 2. The highest BCUT2D eigenvalue weighted by Gasteiger charge is 2.20. The van der Waals surface area contributed by atoms with E-state index < -0.39 is 5.97 Å². The lowest BCUT2D eigenvalue weighted by molar-refractivity contribution is -0.137. The van der Waals surface area contributed by atoms with Gasteiger partial charge in [0.15, 0.2) is 0 Å². The summed E-state index contributed by atoms with van der Waals surface area (Å²) in [7, 11) is 0. The molecule has 0 fully saturated rings. The maximum atomic E-state index is 13.3. The van der Waals surface area contributed by atoms with Gasteiger partial charge in [-0.2, -0.15) is 0 Å². The molecule has 3 rings (SSSR count). The molecule has 0 saturated heterocycles. The lowest BCUT2D eigenvalue weighted by Crippen LogP contribution is -2.36. The summed E-state index contributed by atoms with van der Waals surface area (Å²) in [5.41, 5.74) is 3.95. The van der Waals surface area contributed by atoms with Gasteiger partial charge in [0.05, 0.1) is 6.26 Å². The third kappa shape index (κ3) is 6.33. The van der Waals surface area contributed by atoms with Crippen molar-refractivity contribution >= 4 is 11.9 Å². The molecule has 1 amide bonds. The van der Waals surface area contributed by atoms with E-state index in [9.17, 15) is 9.59 Å². The Balaban J connectivity index is 1.68. The maximum Gasteiger partial charge on any atom is 0.303 e. The molecule has 0 aliphatic heterocycles. The van der Waals surface area contributed by atoms with Gasteiger partial charge >= 0.3 is 5.97 Å². The third-order valence-electron chi connectivity index (χ3n) is 5.62. The van der Waals surface area contributed by atoms with E-state index in [2.05, 4.69) is 12.1 Å². The van der Waals surface area contributed by atoms with Gasteiger partial charge in [-0.3, -0.25) is 9.59 Å². The number of benzene rings is 2. The zero-order valence-corrected chi connectivity index (χ0v) is 18.8. The van der Waals surface area contributed by atoms with Crippen LogP contribution in [0.25, 0.3) is 11.3 Å². The van der Waals surface area contributed by atoms with Crippen LogP contribution >= 0.6 is 0 Å². The largest absolute Gasteiger partial charge is 0.481 e. The van der Waals surface area contributed by atoms with Crippen LogP contribution in [0.1, 0.15) is 61.0 Å². The van der Waals surface area contributed by atoms with Gasteiger partial charge in [0, 0.05) is 30.1 Å². The van der Waals surface area contributed by atoms with E-state index in [0.717, 1.165) is 36.1 Å². The number of aliphatic carboxylic acids is 1. The monoisotopic (exact) mass is 433 g/mol. The van der Waals surface area contributed by atoms with Crippen molar-refractivity contribution in [1.82, 2.24) is 4.90 Å². The van der Waals surface area contributed by atoms with Crippen molar-refractivity contribution in [2.45, 2.75) is 58.5 Å². The van der Waals surface area contributed by atoms with Gasteiger partial charge in [-0.15, -0.1) is 0 Å². The number of hydrogen-bond acceptors (Lipinski definition) is 3. The summed E-state index contributed by atoms with van der Waals surface area (Å²) in [6, 6.07) is 19.5. The van der Waals surface area contributed by atoms with Gasteiger partial charge < -0.3 is 14.4 Å². The predicted molar refractivity (Wildman–Crippen MR) is 125 cm³/mol. The van der Waals surface area contributed by atoms with Crippen molar-refractivity contribution in [2.24, 2.45) is 0 Å². The lowest BCUT2D eigenvalue weighted by atomic mass is 9.99. The summed E-state index contributed by atoms with van der Waals surface area (Å²) in [5.74, 6) is 0.0398. The van der Waals surface area contributed by atoms with Crippen molar-refractivity contribution < 1.29 is 19.1 Å². The van der Waals surface area contributed by atoms with E-state index in [1.807, 2.05) is 67.3 Å². The van der Waals surface area contributed by atoms with Crippen molar-refractivity contribution in [1.29, 1.82) is 0 Å².